The average molecular weight is 270 g/mol. The highest BCUT2D eigenvalue weighted by atomic mass is 32.2. The molecule has 1 aromatic rings. The van der Waals surface area contributed by atoms with Gasteiger partial charge in [0, 0.05) is 25.5 Å². The third kappa shape index (κ3) is 2.23. The summed E-state index contributed by atoms with van der Waals surface area (Å²) in [6.45, 7) is 2.11. The Labute approximate surface area is 105 Å². The second-order valence-corrected chi connectivity index (χ2v) is 6.34. The third-order valence-electron chi connectivity index (χ3n) is 3.25. The molecule has 1 unspecified atom stereocenters. The summed E-state index contributed by atoms with van der Waals surface area (Å²) in [7, 11) is -3.52. The van der Waals surface area contributed by atoms with Crippen molar-refractivity contribution in [1.82, 2.24) is 9.29 Å². The van der Waals surface area contributed by atoms with E-state index in [-0.39, 0.29) is 23.9 Å². The smallest absolute Gasteiger partial charge is 0.306 e. The molecule has 1 saturated heterocycles. The summed E-state index contributed by atoms with van der Waals surface area (Å²) >= 11 is 0. The highest BCUT2D eigenvalue weighted by Gasteiger charge is 2.41. The molecule has 98 valence electrons. The molecular formula is C11H14N2O4S. The number of hydrogen-bond acceptors (Lipinski definition) is 4. The van der Waals surface area contributed by atoms with Crippen LogP contribution in [0.1, 0.15) is 6.92 Å². The zero-order valence-electron chi connectivity index (χ0n) is 9.85. The summed E-state index contributed by atoms with van der Waals surface area (Å²) in [6, 6.07) is 3.04. The first-order valence-electron chi connectivity index (χ1n) is 5.56. The fraction of sp³-hybridized carbons (Fsp3) is 0.455. The fourth-order valence-electron chi connectivity index (χ4n) is 1.83. The molecule has 0 aliphatic carbocycles. The van der Waals surface area contributed by atoms with Gasteiger partial charge in [0.25, 0.3) is 0 Å². The standard InChI is InChI=1S/C11H14N2O4S/c1-8(11(14)15)9-6-13(7-9)18(16,17)10-3-2-4-12-5-10/h2-5,8-9H,6-7H2,1H3,(H,14,15). The Hall–Kier alpha value is -1.47. The lowest BCUT2D eigenvalue weighted by molar-refractivity contribution is -0.144. The minimum atomic E-state index is -3.52. The Morgan fingerprint density at radius 3 is 2.72 bits per heavy atom. The van der Waals surface area contributed by atoms with Crippen LogP contribution < -0.4 is 0 Å². The molecule has 0 radical (unpaired) electrons. The number of pyridine rings is 1. The van der Waals surface area contributed by atoms with Crippen LogP contribution in [0, 0.1) is 11.8 Å². The molecular weight excluding hydrogens is 256 g/mol. The molecule has 1 atom stereocenters. The number of sulfonamides is 1. The van der Waals surface area contributed by atoms with E-state index in [0.717, 1.165) is 0 Å². The highest BCUT2D eigenvalue weighted by Crippen LogP contribution is 2.29. The van der Waals surface area contributed by atoms with Gasteiger partial charge in [-0.15, -0.1) is 0 Å². The maximum Gasteiger partial charge on any atom is 0.306 e. The molecule has 1 aliphatic heterocycles. The van der Waals surface area contributed by atoms with E-state index in [0.29, 0.717) is 0 Å². The summed E-state index contributed by atoms with van der Waals surface area (Å²) in [6.07, 6.45) is 2.80. The molecule has 2 heterocycles. The quantitative estimate of drug-likeness (QED) is 0.856. The molecule has 1 aromatic heterocycles. The van der Waals surface area contributed by atoms with Crippen LogP contribution in [0.15, 0.2) is 29.4 Å². The van der Waals surface area contributed by atoms with Gasteiger partial charge in [0.2, 0.25) is 10.0 Å². The van der Waals surface area contributed by atoms with E-state index in [1.807, 2.05) is 0 Å². The van der Waals surface area contributed by atoms with E-state index in [9.17, 15) is 13.2 Å². The van der Waals surface area contributed by atoms with Gasteiger partial charge >= 0.3 is 5.97 Å². The first-order valence-corrected chi connectivity index (χ1v) is 7.00. The number of carboxylic acids is 1. The fourth-order valence-corrected chi connectivity index (χ4v) is 3.35. The van der Waals surface area contributed by atoms with Gasteiger partial charge in [0.05, 0.1) is 5.92 Å². The zero-order chi connectivity index (χ0) is 13.3. The molecule has 1 fully saturated rings. The summed E-state index contributed by atoms with van der Waals surface area (Å²) in [4.78, 5) is 14.7. The van der Waals surface area contributed by atoms with Crippen molar-refractivity contribution in [3.63, 3.8) is 0 Å². The molecule has 18 heavy (non-hydrogen) atoms. The van der Waals surface area contributed by atoms with Crippen molar-refractivity contribution in [2.45, 2.75) is 11.8 Å². The number of aromatic nitrogens is 1. The maximum atomic E-state index is 12.1. The Morgan fingerprint density at radius 1 is 1.56 bits per heavy atom. The zero-order valence-corrected chi connectivity index (χ0v) is 10.7. The third-order valence-corrected chi connectivity index (χ3v) is 5.06. The van der Waals surface area contributed by atoms with Gasteiger partial charge in [-0.1, -0.05) is 6.92 Å². The summed E-state index contributed by atoms with van der Waals surface area (Å²) in [5, 5.41) is 8.85. The van der Waals surface area contributed by atoms with Crippen molar-refractivity contribution < 1.29 is 18.3 Å². The summed E-state index contributed by atoms with van der Waals surface area (Å²) in [5.74, 6) is -1.53. The molecule has 1 N–H and O–H groups in total. The van der Waals surface area contributed by atoms with E-state index in [2.05, 4.69) is 4.98 Å². The van der Waals surface area contributed by atoms with Crippen LogP contribution in [0.4, 0.5) is 0 Å². The van der Waals surface area contributed by atoms with Crippen molar-refractivity contribution in [2.24, 2.45) is 11.8 Å². The van der Waals surface area contributed by atoms with Crippen molar-refractivity contribution in [2.75, 3.05) is 13.1 Å². The SMILES string of the molecule is CC(C(=O)O)C1CN(S(=O)(=O)c2cccnc2)C1. The Morgan fingerprint density at radius 2 is 2.22 bits per heavy atom. The summed E-state index contributed by atoms with van der Waals surface area (Å²) < 4.78 is 25.5. The molecule has 0 amide bonds. The van der Waals surface area contributed by atoms with Crippen LogP contribution in [0.2, 0.25) is 0 Å². The molecule has 0 bridgehead atoms. The molecule has 7 heteroatoms. The Kier molecular flexibility index (Phi) is 3.36. The van der Waals surface area contributed by atoms with Crippen molar-refractivity contribution in [3.05, 3.63) is 24.5 Å². The largest absolute Gasteiger partial charge is 0.481 e. The highest BCUT2D eigenvalue weighted by molar-refractivity contribution is 7.89. The van der Waals surface area contributed by atoms with E-state index in [4.69, 9.17) is 5.11 Å². The topological polar surface area (TPSA) is 87.6 Å². The minimum absolute atomic E-state index is 0.117. The van der Waals surface area contributed by atoms with E-state index >= 15 is 0 Å². The van der Waals surface area contributed by atoms with Crippen LogP contribution in [0.3, 0.4) is 0 Å². The second kappa shape index (κ2) is 4.66. The van der Waals surface area contributed by atoms with Crippen LogP contribution in [-0.4, -0.2) is 41.9 Å². The number of nitrogens with zero attached hydrogens (tertiary/aromatic N) is 2. The molecule has 2 rings (SSSR count). The monoisotopic (exact) mass is 270 g/mol. The molecule has 0 saturated carbocycles. The van der Waals surface area contributed by atoms with E-state index in [1.165, 1.54) is 22.8 Å². The molecule has 0 aromatic carbocycles. The van der Waals surface area contributed by atoms with Crippen LogP contribution >= 0.6 is 0 Å². The van der Waals surface area contributed by atoms with Gasteiger partial charge in [-0.05, 0) is 18.1 Å². The molecule has 0 spiro atoms. The predicted molar refractivity (Wildman–Crippen MR) is 63.3 cm³/mol. The van der Waals surface area contributed by atoms with E-state index in [1.54, 1.807) is 13.0 Å². The van der Waals surface area contributed by atoms with Crippen molar-refractivity contribution in [3.8, 4) is 0 Å². The number of carboxylic acid groups (broad SMARTS) is 1. The normalized spacial score (nSPS) is 19.2. The second-order valence-electron chi connectivity index (χ2n) is 4.40. The number of aliphatic carboxylic acids is 1. The first kappa shape index (κ1) is 13.0. The predicted octanol–water partition coefficient (Wildman–Crippen LogP) is 0.423. The molecule has 6 nitrogen and oxygen atoms in total. The lowest BCUT2D eigenvalue weighted by Crippen LogP contribution is -2.53. The Balaban J connectivity index is 2.06. The van der Waals surface area contributed by atoms with Gasteiger partial charge in [0.15, 0.2) is 0 Å². The first-order chi connectivity index (χ1) is 8.43. The van der Waals surface area contributed by atoms with Gasteiger partial charge in [-0.2, -0.15) is 4.31 Å². The minimum Gasteiger partial charge on any atom is -0.481 e. The van der Waals surface area contributed by atoms with Gasteiger partial charge in [-0.25, -0.2) is 8.42 Å². The van der Waals surface area contributed by atoms with Crippen molar-refractivity contribution >= 4 is 16.0 Å². The Bertz CT molecular complexity index is 537. The number of hydrogen-bond donors (Lipinski definition) is 1. The lowest BCUT2D eigenvalue weighted by atomic mass is 9.89. The number of rotatable bonds is 4. The van der Waals surface area contributed by atoms with Gasteiger partial charge < -0.3 is 5.11 Å². The van der Waals surface area contributed by atoms with Gasteiger partial charge in [-0.3, -0.25) is 9.78 Å². The lowest BCUT2D eigenvalue weighted by Gasteiger charge is -2.39. The van der Waals surface area contributed by atoms with Crippen LogP contribution in [0.25, 0.3) is 0 Å². The van der Waals surface area contributed by atoms with Crippen LogP contribution in [-0.2, 0) is 14.8 Å². The summed E-state index contributed by atoms with van der Waals surface area (Å²) in [5.41, 5.74) is 0. The van der Waals surface area contributed by atoms with Crippen LogP contribution in [0.5, 0.6) is 0 Å². The molecule has 1 aliphatic rings. The van der Waals surface area contributed by atoms with Crippen molar-refractivity contribution in [1.29, 1.82) is 0 Å². The average Bonchev–Trinajstić information content (AvgIpc) is 2.27. The number of carbonyl (C=O) groups is 1. The van der Waals surface area contributed by atoms with E-state index < -0.39 is 21.9 Å². The maximum absolute atomic E-state index is 12.1. The van der Waals surface area contributed by atoms with Gasteiger partial charge in [0.1, 0.15) is 4.90 Å².